The van der Waals surface area contributed by atoms with Gasteiger partial charge >= 0.3 is 0 Å². The number of terminal acetylenes is 1. The number of halogens is 1. The van der Waals surface area contributed by atoms with E-state index in [4.69, 9.17) is 18.0 Å². The minimum absolute atomic E-state index is 0.177. The molecule has 0 spiro atoms. The van der Waals surface area contributed by atoms with Crippen LogP contribution in [0.2, 0.25) is 5.02 Å². The number of hydrogen-bond donors (Lipinski definition) is 0. The maximum atomic E-state index is 12.6. The van der Waals surface area contributed by atoms with E-state index in [9.17, 15) is 4.79 Å². The molecule has 1 aromatic heterocycles. The third-order valence-electron chi connectivity index (χ3n) is 4.28. The van der Waals surface area contributed by atoms with Gasteiger partial charge in [-0.05, 0) is 55.7 Å². The Morgan fingerprint density at radius 2 is 1.92 bits per heavy atom. The molecule has 0 unspecified atom stereocenters. The second kappa shape index (κ2) is 7.49. The van der Waals surface area contributed by atoms with E-state index in [-0.39, 0.29) is 12.3 Å². The van der Waals surface area contributed by atoms with Crippen LogP contribution in [0.4, 0.5) is 0 Å². The van der Waals surface area contributed by atoms with Crippen molar-refractivity contribution in [3.63, 3.8) is 0 Å². The Morgan fingerprint density at radius 1 is 1.23 bits per heavy atom. The quantitative estimate of drug-likeness (QED) is 0.610. The van der Waals surface area contributed by atoms with Gasteiger partial charge in [-0.15, -0.1) is 6.42 Å². The van der Waals surface area contributed by atoms with Crippen LogP contribution in [-0.2, 0) is 17.8 Å². The van der Waals surface area contributed by atoms with Gasteiger partial charge in [-0.2, -0.15) is 4.99 Å². The third-order valence-corrected chi connectivity index (χ3v) is 5.56. The van der Waals surface area contributed by atoms with Gasteiger partial charge in [-0.25, -0.2) is 0 Å². The Labute approximate surface area is 162 Å². The lowest BCUT2D eigenvalue weighted by Crippen LogP contribution is -2.17. The number of carbonyl (C=O) groups excluding carboxylic acids is 1. The van der Waals surface area contributed by atoms with E-state index in [0.717, 1.165) is 26.9 Å². The summed E-state index contributed by atoms with van der Waals surface area (Å²) in [4.78, 5) is 17.6. The fourth-order valence-electron chi connectivity index (χ4n) is 3.16. The van der Waals surface area contributed by atoms with Crippen molar-refractivity contribution < 1.29 is 4.79 Å². The number of nitrogens with zero attached hydrogens (tertiary/aromatic N) is 2. The first-order valence-electron chi connectivity index (χ1n) is 8.25. The maximum Gasteiger partial charge on any atom is 0.252 e. The van der Waals surface area contributed by atoms with Crippen LogP contribution < -0.4 is 4.80 Å². The van der Waals surface area contributed by atoms with Gasteiger partial charge in [0.05, 0.1) is 23.2 Å². The van der Waals surface area contributed by atoms with Crippen molar-refractivity contribution in [2.45, 2.75) is 33.7 Å². The summed E-state index contributed by atoms with van der Waals surface area (Å²) >= 11 is 7.50. The average molecular weight is 383 g/mol. The van der Waals surface area contributed by atoms with Crippen LogP contribution in [0.5, 0.6) is 0 Å². The summed E-state index contributed by atoms with van der Waals surface area (Å²) in [5, 5.41) is 0.649. The molecule has 132 valence electrons. The fraction of sp³-hybridized carbons (Fsp3) is 0.238. The molecular weight excluding hydrogens is 364 g/mol. The molecule has 26 heavy (non-hydrogen) atoms. The van der Waals surface area contributed by atoms with Gasteiger partial charge in [0, 0.05) is 5.02 Å². The standard InChI is InChI=1S/C21H19ClN2OS/c1-5-8-24-18-7-6-16(22)11-19(18)26-21(24)23-20(25)12-17-14(3)9-13(2)10-15(17)4/h1,6-7,9-11H,8,12H2,2-4H3. The molecule has 5 heteroatoms. The summed E-state index contributed by atoms with van der Waals surface area (Å²) in [5.74, 6) is 2.45. The van der Waals surface area contributed by atoms with E-state index in [2.05, 4.69) is 30.0 Å². The van der Waals surface area contributed by atoms with Crippen molar-refractivity contribution in [3.05, 3.63) is 62.4 Å². The van der Waals surface area contributed by atoms with Crippen LogP contribution in [0.25, 0.3) is 10.2 Å². The summed E-state index contributed by atoms with van der Waals surface area (Å²) in [5.41, 5.74) is 5.40. The zero-order valence-corrected chi connectivity index (χ0v) is 16.5. The molecule has 0 radical (unpaired) electrons. The highest BCUT2D eigenvalue weighted by Gasteiger charge is 2.11. The third kappa shape index (κ3) is 3.75. The lowest BCUT2D eigenvalue weighted by molar-refractivity contribution is -0.117. The largest absolute Gasteiger partial charge is 0.305 e. The van der Waals surface area contributed by atoms with Gasteiger partial charge in [0.1, 0.15) is 0 Å². The zero-order chi connectivity index (χ0) is 18.8. The maximum absolute atomic E-state index is 12.6. The van der Waals surface area contributed by atoms with Gasteiger partial charge in [0.25, 0.3) is 5.91 Å². The van der Waals surface area contributed by atoms with Crippen LogP contribution >= 0.6 is 22.9 Å². The van der Waals surface area contributed by atoms with E-state index in [1.807, 2.05) is 36.6 Å². The van der Waals surface area contributed by atoms with Crippen LogP contribution in [0.1, 0.15) is 22.3 Å². The van der Waals surface area contributed by atoms with Gasteiger partial charge in [-0.3, -0.25) is 4.79 Å². The molecule has 0 saturated heterocycles. The molecule has 0 atom stereocenters. The molecule has 3 aromatic rings. The SMILES string of the molecule is C#CCn1c(=NC(=O)Cc2c(C)cc(C)cc2C)sc2cc(Cl)ccc21. The number of hydrogen-bond acceptors (Lipinski definition) is 2. The van der Waals surface area contributed by atoms with Crippen LogP contribution in [0.3, 0.4) is 0 Å². The molecule has 0 fully saturated rings. The monoisotopic (exact) mass is 382 g/mol. The van der Waals surface area contributed by atoms with Gasteiger partial charge in [0.2, 0.25) is 0 Å². The average Bonchev–Trinajstić information content (AvgIpc) is 2.87. The molecule has 2 aromatic carbocycles. The van der Waals surface area contributed by atoms with E-state index in [0.29, 0.717) is 16.4 Å². The summed E-state index contributed by atoms with van der Waals surface area (Å²) in [7, 11) is 0. The minimum atomic E-state index is -0.177. The highest BCUT2D eigenvalue weighted by atomic mass is 35.5. The van der Waals surface area contributed by atoms with Crippen molar-refractivity contribution in [2.24, 2.45) is 4.99 Å². The Bertz CT molecular complexity index is 1090. The summed E-state index contributed by atoms with van der Waals surface area (Å²) in [6.45, 7) is 6.47. The topological polar surface area (TPSA) is 34.4 Å². The second-order valence-electron chi connectivity index (χ2n) is 6.35. The number of amides is 1. The predicted molar refractivity (Wildman–Crippen MR) is 109 cm³/mol. The molecule has 0 aliphatic rings. The van der Waals surface area contributed by atoms with Crippen LogP contribution in [-0.4, -0.2) is 10.5 Å². The van der Waals surface area contributed by atoms with Crippen molar-refractivity contribution in [3.8, 4) is 12.3 Å². The molecule has 0 bridgehead atoms. The number of aromatic nitrogens is 1. The van der Waals surface area contributed by atoms with Gasteiger partial charge < -0.3 is 4.57 Å². The molecular formula is C21H19ClN2OS. The predicted octanol–water partition coefficient (Wildman–Crippen LogP) is 4.58. The number of benzene rings is 2. The van der Waals surface area contributed by atoms with E-state index in [1.165, 1.54) is 16.9 Å². The molecule has 0 aliphatic heterocycles. The molecule has 1 heterocycles. The number of fused-ring (bicyclic) bond motifs is 1. The highest BCUT2D eigenvalue weighted by Crippen LogP contribution is 2.22. The number of aryl methyl sites for hydroxylation is 3. The lowest BCUT2D eigenvalue weighted by Gasteiger charge is -2.09. The Hall–Kier alpha value is -2.35. The molecule has 1 amide bonds. The van der Waals surface area contributed by atoms with Crippen molar-refractivity contribution in [1.82, 2.24) is 4.57 Å². The molecule has 3 nitrogen and oxygen atoms in total. The number of carbonyl (C=O) groups is 1. The normalized spacial score (nSPS) is 11.7. The minimum Gasteiger partial charge on any atom is -0.305 e. The van der Waals surface area contributed by atoms with Gasteiger partial charge in [0.15, 0.2) is 4.80 Å². The summed E-state index contributed by atoms with van der Waals surface area (Å²) in [6.07, 6.45) is 5.78. The fourth-order valence-corrected chi connectivity index (χ4v) is 4.49. The molecule has 0 N–H and O–H groups in total. The Balaban J connectivity index is 2.03. The summed E-state index contributed by atoms with van der Waals surface area (Å²) < 4.78 is 2.84. The molecule has 3 rings (SSSR count). The van der Waals surface area contributed by atoms with Crippen molar-refractivity contribution in [2.75, 3.05) is 0 Å². The lowest BCUT2D eigenvalue weighted by atomic mass is 9.97. The van der Waals surface area contributed by atoms with Crippen molar-refractivity contribution >= 4 is 39.1 Å². The second-order valence-corrected chi connectivity index (χ2v) is 7.79. The summed E-state index contributed by atoms with van der Waals surface area (Å²) in [6, 6.07) is 9.77. The van der Waals surface area contributed by atoms with Gasteiger partial charge in [-0.1, -0.05) is 46.6 Å². The first-order valence-corrected chi connectivity index (χ1v) is 9.45. The van der Waals surface area contributed by atoms with Crippen LogP contribution in [0, 0.1) is 33.1 Å². The smallest absolute Gasteiger partial charge is 0.252 e. The zero-order valence-electron chi connectivity index (χ0n) is 15.0. The molecule has 0 saturated carbocycles. The number of rotatable bonds is 3. The highest BCUT2D eigenvalue weighted by molar-refractivity contribution is 7.16. The first-order chi connectivity index (χ1) is 12.4. The Kier molecular flexibility index (Phi) is 5.31. The number of thiazole rings is 1. The van der Waals surface area contributed by atoms with E-state index in [1.54, 1.807) is 0 Å². The first kappa shape index (κ1) is 18.4. The van der Waals surface area contributed by atoms with E-state index < -0.39 is 0 Å². The molecule has 0 aliphatic carbocycles. The Morgan fingerprint density at radius 3 is 2.58 bits per heavy atom. The van der Waals surface area contributed by atoms with Crippen molar-refractivity contribution in [1.29, 1.82) is 0 Å². The van der Waals surface area contributed by atoms with E-state index >= 15 is 0 Å². The van der Waals surface area contributed by atoms with Crippen LogP contribution in [0.15, 0.2) is 35.3 Å².